The Morgan fingerprint density at radius 1 is 1.35 bits per heavy atom. The fraction of sp³-hybridized carbons (Fsp3) is 0.438. The van der Waals surface area contributed by atoms with Crippen LogP contribution < -0.4 is 9.47 Å². The maximum absolute atomic E-state index is 13.0. The van der Waals surface area contributed by atoms with Crippen LogP contribution in [0.5, 0.6) is 11.5 Å². The van der Waals surface area contributed by atoms with E-state index in [1.54, 1.807) is 6.07 Å². The number of carboxylic acid groups (broad SMARTS) is 1. The summed E-state index contributed by atoms with van der Waals surface area (Å²) in [6, 6.07) is 4.46. The maximum atomic E-state index is 13.0. The van der Waals surface area contributed by atoms with Gasteiger partial charge in [0.25, 0.3) is 0 Å². The number of carboxylic acids is 1. The average Bonchev–Trinajstić information content (AvgIpc) is 2.49. The topological polar surface area (TPSA) is 55.8 Å². The molecule has 1 heterocycles. The number of ether oxygens (including phenoxy) is 2. The van der Waals surface area contributed by atoms with Gasteiger partial charge in [0.15, 0.2) is 0 Å². The van der Waals surface area contributed by atoms with Crippen molar-refractivity contribution < 1.29 is 32.5 Å². The van der Waals surface area contributed by atoms with Crippen LogP contribution in [0, 0.1) is 0 Å². The molecule has 1 aliphatic heterocycles. The maximum Gasteiger partial charge on any atom is 0.430 e. The lowest BCUT2D eigenvalue weighted by molar-refractivity contribution is -0.187. The molecule has 1 unspecified atom stereocenters. The average molecular weight is 330 g/mol. The molecule has 0 fully saturated rings. The van der Waals surface area contributed by atoms with Gasteiger partial charge in [0.05, 0.1) is 17.7 Å². The molecule has 1 N–H and O–H groups in total. The number of halogens is 3. The second-order valence-corrected chi connectivity index (χ2v) is 5.17. The number of aliphatic carboxylic acids is 1. The SMILES string of the molecule is CCCCCOc1cccc2c1C=C(C(=O)O)C(C(F)(F)F)O2. The summed E-state index contributed by atoms with van der Waals surface area (Å²) in [6.45, 7) is 2.45. The molecule has 0 aliphatic carbocycles. The summed E-state index contributed by atoms with van der Waals surface area (Å²) in [5.41, 5.74) is -0.628. The van der Waals surface area contributed by atoms with Gasteiger partial charge in [-0.1, -0.05) is 25.8 Å². The summed E-state index contributed by atoms with van der Waals surface area (Å²) in [4.78, 5) is 11.1. The molecule has 4 nitrogen and oxygen atoms in total. The Balaban J connectivity index is 2.32. The zero-order valence-corrected chi connectivity index (χ0v) is 12.5. The minimum Gasteiger partial charge on any atom is -0.493 e. The first-order valence-electron chi connectivity index (χ1n) is 7.28. The summed E-state index contributed by atoms with van der Waals surface area (Å²) in [6.07, 6.45) is -3.52. The molecule has 126 valence electrons. The Bertz CT molecular complexity index is 608. The number of benzene rings is 1. The van der Waals surface area contributed by atoms with Crippen molar-refractivity contribution in [1.29, 1.82) is 0 Å². The third-order valence-corrected chi connectivity index (χ3v) is 3.40. The van der Waals surface area contributed by atoms with Gasteiger partial charge in [-0.2, -0.15) is 13.2 Å². The summed E-state index contributed by atoms with van der Waals surface area (Å²) in [5, 5.41) is 9.05. The van der Waals surface area contributed by atoms with Crippen LogP contribution in [0.15, 0.2) is 23.8 Å². The van der Waals surface area contributed by atoms with E-state index in [0.29, 0.717) is 12.4 Å². The van der Waals surface area contributed by atoms with Crippen molar-refractivity contribution in [2.75, 3.05) is 6.61 Å². The van der Waals surface area contributed by atoms with Gasteiger partial charge in [0.2, 0.25) is 6.10 Å². The summed E-state index contributed by atoms with van der Waals surface area (Å²) in [5.74, 6) is -1.39. The highest BCUT2D eigenvalue weighted by atomic mass is 19.4. The fourth-order valence-corrected chi connectivity index (χ4v) is 2.27. The van der Waals surface area contributed by atoms with Crippen molar-refractivity contribution in [3.63, 3.8) is 0 Å². The standard InChI is InChI=1S/C16H17F3O4/c1-2-3-4-8-22-12-6-5-7-13-10(12)9-11(15(20)21)14(23-13)16(17,18)19/h5-7,9,14H,2-4,8H2,1H3,(H,20,21). The second kappa shape index (κ2) is 6.93. The lowest BCUT2D eigenvalue weighted by Crippen LogP contribution is -2.40. The molecule has 1 atom stereocenters. The molecule has 0 aromatic heterocycles. The van der Waals surface area contributed by atoms with Crippen LogP contribution in [0.2, 0.25) is 0 Å². The van der Waals surface area contributed by atoms with Crippen molar-refractivity contribution >= 4 is 12.0 Å². The van der Waals surface area contributed by atoms with Crippen LogP contribution in [0.1, 0.15) is 31.7 Å². The van der Waals surface area contributed by atoms with E-state index < -0.39 is 23.8 Å². The minimum absolute atomic E-state index is 0.0367. The Morgan fingerprint density at radius 3 is 2.70 bits per heavy atom. The predicted molar refractivity (Wildman–Crippen MR) is 77.5 cm³/mol. The zero-order chi connectivity index (χ0) is 17.0. The minimum atomic E-state index is -4.81. The summed E-state index contributed by atoms with van der Waals surface area (Å²) in [7, 11) is 0. The molecule has 7 heteroatoms. The van der Waals surface area contributed by atoms with E-state index in [2.05, 4.69) is 0 Å². The van der Waals surface area contributed by atoms with Crippen LogP contribution in [0.3, 0.4) is 0 Å². The Labute approximate surface area is 131 Å². The molecular formula is C16H17F3O4. The van der Waals surface area contributed by atoms with E-state index in [0.717, 1.165) is 25.3 Å². The van der Waals surface area contributed by atoms with Gasteiger partial charge >= 0.3 is 12.1 Å². The molecule has 0 bridgehead atoms. The molecule has 23 heavy (non-hydrogen) atoms. The van der Waals surface area contributed by atoms with E-state index in [1.807, 2.05) is 6.92 Å². The molecule has 0 saturated heterocycles. The van der Waals surface area contributed by atoms with Gasteiger partial charge in [0, 0.05) is 0 Å². The van der Waals surface area contributed by atoms with Gasteiger partial charge < -0.3 is 14.6 Å². The highest BCUT2D eigenvalue weighted by molar-refractivity contribution is 5.95. The van der Waals surface area contributed by atoms with Crippen molar-refractivity contribution in [1.82, 2.24) is 0 Å². The van der Waals surface area contributed by atoms with E-state index in [4.69, 9.17) is 14.6 Å². The molecule has 2 rings (SSSR count). The number of hydrogen-bond donors (Lipinski definition) is 1. The Hall–Kier alpha value is -2.18. The first kappa shape index (κ1) is 17.2. The Morgan fingerprint density at radius 2 is 2.09 bits per heavy atom. The van der Waals surface area contributed by atoms with Crippen molar-refractivity contribution in [2.24, 2.45) is 0 Å². The van der Waals surface area contributed by atoms with Gasteiger partial charge in [-0.15, -0.1) is 0 Å². The second-order valence-electron chi connectivity index (χ2n) is 5.17. The smallest absolute Gasteiger partial charge is 0.430 e. The number of hydrogen-bond acceptors (Lipinski definition) is 3. The first-order valence-corrected chi connectivity index (χ1v) is 7.28. The van der Waals surface area contributed by atoms with Gasteiger partial charge in [-0.05, 0) is 24.6 Å². The molecule has 1 aromatic rings. The number of fused-ring (bicyclic) bond motifs is 1. The normalized spacial score (nSPS) is 17.0. The lowest BCUT2D eigenvalue weighted by atomic mass is 10.0. The van der Waals surface area contributed by atoms with Gasteiger partial charge in [0.1, 0.15) is 11.5 Å². The number of carbonyl (C=O) groups is 1. The number of alkyl halides is 3. The van der Waals surface area contributed by atoms with Crippen molar-refractivity contribution in [3.8, 4) is 11.5 Å². The Kier molecular flexibility index (Phi) is 5.18. The third-order valence-electron chi connectivity index (χ3n) is 3.40. The van der Waals surface area contributed by atoms with Crippen molar-refractivity contribution in [3.05, 3.63) is 29.3 Å². The molecule has 1 aromatic carbocycles. The molecule has 1 aliphatic rings. The fourth-order valence-electron chi connectivity index (χ4n) is 2.27. The van der Waals surface area contributed by atoms with Crippen LogP contribution in [-0.4, -0.2) is 30.0 Å². The van der Waals surface area contributed by atoms with Crippen LogP contribution in [0.4, 0.5) is 13.2 Å². The highest BCUT2D eigenvalue weighted by Crippen LogP contribution is 2.40. The lowest BCUT2D eigenvalue weighted by Gasteiger charge is -2.27. The van der Waals surface area contributed by atoms with Crippen LogP contribution in [-0.2, 0) is 4.79 Å². The summed E-state index contributed by atoms with van der Waals surface area (Å²) < 4.78 is 49.4. The predicted octanol–water partition coefficient (Wildman–Crippen LogP) is 4.05. The van der Waals surface area contributed by atoms with Crippen LogP contribution in [0.25, 0.3) is 6.08 Å². The van der Waals surface area contributed by atoms with E-state index >= 15 is 0 Å². The molecule has 0 radical (unpaired) electrons. The third kappa shape index (κ3) is 3.97. The quantitative estimate of drug-likeness (QED) is 0.800. The molecule has 0 saturated carbocycles. The van der Waals surface area contributed by atoms with Crippen LogP contribution >= 0.6 is 0 Å². The molecule has 0 spiro atoms. The largest absolute Gasteiger partial charge is 0.493 e. The number of unbranched alkanes of at least 4 members (excludes halogenated alkanes) is 2. The van der Waals surface area contributed by atoms with E-state index in [1.165, 1.54) is 12.1 Å². The van der Waals surface area contributed by atoms with E-state index in [9.17, 15) is 18.0 Å². The van der Waals surface area contributed by atoms with Gasteiger partial charge in [-0.25, -0.2) is 4.79 Å². The number of rotatable bonds is 6. The van der Waals surface area contributed by atoms with E-state index in [-0.39, 0.29) is 11.3 Å². The highest BCUT2D eigenvalue weighted by Gasteiger charge is 2.48. The molecule has 0 amide bonds. The zero-order valence-electron chi connectivity index (χ0n) is 12.5. The van der Waals surface area contributed by atoms with Crippen molar-refractivity contribution in [2.45, 2.75) is 38.5 Å². The molecular weight excluding hydrogens is 313 g/mol. The first-order chi connectivity index (χ1) is 10.8. The summed E-state index contributed by atoms with van der Waals surface area (Å²) >= 11 is 0. The monoisotopic (exact) mass is 330 g/mol. The van der Waals surface area contributed by atoms with Gasteiger partial charge in [-0.3, -0.25) is 0 Å².